The van der Waals surface area contributed by atoms with Gasteiger partial charge in [-0.15, -0.1) is 23.5 Å². The molecule has 0 aromatic heterocycles. The molecule has 7 heteroatoms. The van der Waals surface area contributed by atoms with Crippen molar-refractivity contribution in [3.8, 4) is 0 Å². The van der Waals surface area contributed by atoms with Crippen LogP contribution in [0.25, 0.3) is 0 Å². The summed E-state index contributed by atoms with van der Waals surface area (Å²) >= 11 is 3.12. The van der Waals surface area contributed by atoms with Crippen LogP contribution >= 0.6 is 23.5 Å². The minimum atomic E-state index is -0.883. The number of hydrogen-bond donors (Lipinski definition) is 1. The Morgan fingerprint density at radius 1 is 1.47 bits per heavy atom. The van der Waals surface area contributed by atoms with Gasteiger partial charge >= 0.3 is 5.97 Å². The second kappa shape index (κ2) is 6.85. The first-order valence-corrected chi connectivity index (χ1v) is 8.57. The second-order valence-corrected chi connectivity index (χ2v) is 7.02. The van der Waals surface area contributed by atoms with E-state index in [0.29, 0.717) is 24.0 Å². The van der Waals surface area contributed by atoms with Crippen molar-refractivity contribution in [3.05, 3.63) is 0 Å². The molecule has 2 atom stereocenters. The third kappa shape index (κ3) is 3.79. The van der Waals surface area contributed by atoms with Gasteiger partial charge in [0, 0.05) is 18.6 Å². The van der Waals surface area contributed by atoms with E-state index in [2.05, 4.69) is 0 Å². The standard InChI is InChI=1S/C12H19NO4S2/c1-17-4-5-18-7-10(14)13-9(12(15)16)6-19-11(13)8-2-3-8/h8-9,11H,2-7H2,1H3,(H,15,16). The molecule has 5 nitrogen and oxygen atoms in total. The van der Waals surface area contributed by atoms with Crippen molar-refractivity contribution < 1.29 is 19.4 Å². The maximum atomic E-state index is 12.3. The summed E-state index contributed by atoms with van der Waals surface area (Å²) in [6.07, 6.45) is 2.23. The first-order chi connectivity index (χ1) is 9.15. The van der Waals surface area contributed by atoms with Gasteiger partial charge in [-0.2, -0.15) is 0 Å². The number of carboxylic acids is 1. The van der Waals surface area contributed by atoms with Crippen molar-refractivity contribution in [2.24, 2.45) is 5.92 Å². The van der Waals surface area contributed by atoms with Gasteiger partial charge in [-0.05, 0) is 18.8 Å². The van der Waals surface area contributed by atoms with E-state index in [1.54, 1.807) is 23.8 Å². The van der Waals surface area contributed by atoms with Crippen LogP contribution in [0.2, 0.25) is 0 Å². The number of carboxylic acid groups (broad SMARTS) is 1. The molecule has 1 amide bonds. The molecule has 0 radical (unpaired) electrons. The van der Waals surface area contributed by atoms with Gasteiger partial charge in [0.15, 0.2) is 0 Å². The number of carbonyl (C=O) groups excluding carboxylic acids is 1. The highest BCUT2D eigenvalue weighted by Gasteiger charge is 2.47. The Bertz CT molecular complexity index is 349. The molecule has 1 aliphatic carbocycles. The third-order valence-electron chi connectivity index (χ3n) is 3.29. The van der Waals surface area contributed by atoms with Gasteiger partial charge in [-0.3, -0.25) is 4.79 Å². The zero-order chi connectivity index (χ0) is 13.8. The third-order valence-corrected chi connectivity index (χ3v) is 5.66. The lowest BCUT2D eigenvalue weighted by Crippen LogP contribution is -2.47. The van der Waals surface area contributed by atoms with E-state index in [9.17, 15) is 14.7 Å². The quantitative estimate of drug-likeness (QED) is 0.711. The number of aliphatic carboxylic acids is 1. The van der Waals surface area contributed by atoms with Crippen LogP contribution in [0.4, 0.5) is 0 Å². The minimum absolute atomic E-state index is 0.0459. The minimum Gasteiger partial charge on any atom is -0.480 e. The molecule has 0 aromatic carbocycles. The largest absolute Gasteiger partial charge is 0.480 e. The van der Waals surface area contributed by atoms with Gasteiger partial charge in [-0.25, -0.2) is 4.79 Å². The topological polar surface area (TPSA) is 66.8 Å². The fourth-order valence-electron chi connectivity index (χ4n) is 2.15. The summed E-state index contributed by atoms with van der Waals surface area (Å²) in [5, 5.41) is 9.31. The molecule has 1 aliphatic heterocycles. The molecule has 1 saturated heterocycles. The molecule has 0 bridgehead atoms. The van der Waals surface area contributed by atoms with E-state index in [-0.39, 0.29) is 11.3 Å². The van der Waals surface area contributed by atoms with E-state index < -0.39 is 12.0 Å². The smallest absolute Gasteiger partial charge is 0.327 e. The summed E-state index contributed by atoms with van der Waals surface area (Å²) in [6, 6.07) is -0.647. The van der Waals surface area contributed by atoms with Crippen molar-refractivity contribution in [1.29, 1.82) is 0 Å². The lowest BCUT2D eigenvalue weighted by Gasteiger charge is -2.27. The molecule has 2 rings (SSSR count). The predicted octanol–water partition coefficient (Wildman–Crippen LogP) is 1.13. The highest BCUT2D eigenvalue weighted by Crippen LogP contribution is 2.45. The van der Waals surface area contributed by atoms with E-state index in [0.717, 1.165) is 18.6 Å². The predicted molar refractivity (Wildman–Crippen MR) is 76.4 cm³/mol. The van der Waals surface area contributed by atoms with Crippen LogP contribution in [0.15, 0.2) is 0 Å². The van der Waals surface area contributed by atoms with Gasteiger partial charge in [-0.1, -0.05) is 0 Å². The Kier molecular flexibility index (Phi) is 5.41. The molecule has 0 aromatic rings. The molecular weight excluding hydrogens is 286 g/mol. The van der Waals surface area contributed by atoms with Gasteiger partial charge < -0.3 is 14.7 Å². The average Bonchev–Trinajstić information content (AvgIpc) is 3.12. The number of amides is 1. The molecule has 1 N–H and O–H groups in total. The molecule has 19 heavy (non-hydrogen) atoms. The Balaban J connectivity index is 1.91. The highest BCUT2D eigenvalue weighted by atomic mass is 32.2. The number of rotatable bonds is 7. The Morgan fingerprint density at radius 2 is 2.21 bits per heavy atom. The van der Waals surface area contributed by atoms with Crippen LogP contribution in [0.3, 0.4) is 0 Å². The molecular formula is C12H19NO4S2. The fraction of sp³-hybridized carbons (Fsp3) is 0.833. The number of methoxy groups -OCH3 is 1. The molecule has 0 spiro atoms. The van der Waals surface area contributed by atoms with Crippen LogP contribution in [-0.4, -0.2) is 64.3 Å². The fourth-order valence-corrected chi connectivity index (χ4v) is 4.56. The summed E-state index contributed by atoms with van der Waals surface area (Å²) in [6.45, 7) is 0.612. The van der Waals surface area contributed by atoms with E-state index >= 15 is 0 Å². The van der Waals surface area contributed by atoms with E-state index in [1.165, 1.54) is 11.8 Å². The molecule has 1 saturated carbocycles. The number of carbonyl (C=O) groups is 2. The first kappa shape index (κ1) is 15.0. The van der Waals surface area contributed by atoms with Crippen molar-refractivity contribution >= 4 is 35.4 Å². The lowest BCUT2D eigenvalue weighted by molar-refractivity contribution is -0.148. The maximum absolute atomic E-state index is 12.3. The molecule has 1 heterocycles. The molecule has 2 aliphatic rings. The summed E-state index contributed by atoms with van der Waals surface area (Å²) in [4.78, 5) is 25.1. The molecule has 108 valence electrons. The van der Waals surface area contributed by atoms with Crippen LogP contribution in [-0.2, 0) is 14.3 Å². The Morgan fingerprint density at radius 3 is 2.79 bits per heavy atom. The number of thioether (sulfide) groups is 2. The highest BCUT2D eigenvalue weighted by molar-refractivity contribution is 8.00. The second-order valence-electron chi connectivity index (χ2n) is 4.76. The summed E-state index contributed by atoms with van der Waals surface area (Å²) < 4.78 is 4.93. The summed E-state index contributed by atoms with van der Waals surface area (Å²) in [7, 11) is 1.63. The van der Waals surface area contributed by atoms with Crippen LogP contribution in [0, 0.1) is 5.92 Å². The molecule has 2 unspecified atom stereocenters. The normalized spacial score (nSPS) is 26.7. The van der Waals surface area contributed by atoms with Crippen molar-refractivity contribution in [2.75, 3.05) is 31.0 Å². The zero-order valence-corrected chi connectivity index (χ0v) is 12.5. The maximum Gasteiger partial charge on any atom is 0.327 e. The lowest BCUT2D eigenvalue weighted by atomic mass is 10.2. The number of ether oxygens (including phenoxy) is 1. The van der Waals surface area contributed by atoms with Crippen LogP contribution in [0.5, 0.6) is 0 Å². The monoisotopic (exact) mass is 305 g/mol. The number of nitrogens with zero attached hydrogens (tertiary/aromatic N) is 1. The molecule has 2 fully saturated rings. The van der Waals surface area contributed by atoms with Crippen molar-refractivity contribution in [1.82, 2.24) is 4.90 Å². The summed E-state index contributed by atoms with van der Waals surface area (Å²) in [5.74, 6) is 1.19. The van der Waals surface area contributed by atoms with Gasteiger partial charge in [0.1, 0.15) is 6.04 Å². The van der Waals surface area contributed by atoms with Crippen molar-refractivity contribution in [2.45, 2.75) is 24.3 Å². The SMILES string of the molecule is COCCSCC(=O)N1C(C(=O)O)CSC1C1CC1. The summed E-state index contributed by atoms with van der Waals surface area (Å²) in [5.41, 5.74) is 0. The van der Waals surface area contributed by atoms with Gasteiger partial charge in [0.25, 0.3) is 0 Å². The zero-order valence-electron chi connectivity index (χ0n) is 10.9. The average molecular weight is 305 g/mol. The van der Waals surface area contributed by atoms with Crippen molar-refractivity contribution in [3.63, 3.8) is 0 Å². The van der Waals surface area contributed by atoms with E-state index in [1.807, 2.05) is 0 Å². The Labute approximate surface area is 121 Å². The van der Waals surface area contributed by atoms with Crippen LogP contribution in [0.1, 0.15) is 12.8 Å². The van der Waals surface area contributed by atoms with Gasteiger partial charge in [0.05, 0.1) is 17.7 Å². The van der Waals surface area contributed by atoms with E-state index in [4.69, 9.17) is 4.74 Å². The van der Waals surface area contributed by atoms with Crippen LogP contribution < -0.4 is 0 Å². The number of hydrogen-bond acceptors (Lipinski definition) is 5. The van der Waals surface area contributed by atoms with Gasteiger partial charge in [0.2, 0.25) is 5.91 Å². The Hall–Kier alpha value is -0.400. The first-order valence-electron chi connectivity index (χ1n) is 6.37.